The van der Waals surface area contributed by atoms with E-state index in [1.807, 2.05) is 6.07 Å². The van der Waals surface area contributed by atoms with Crippen LogP contribution in [0.15, 0.2) is 18.2 Å². The standard InChI is InChI=1S/C16H24ClFN2/c1-4-13-10-19-16(5-2,6-3)11-20(13)15-8-7-12(18)9-14(15)17/h7-9,13,19H,4-6,10-11H2,1-3H3. The second-order valence-electron chi connectivity index (χ2n) is 5.65. The summed E-state index contributed by atoms with van der Waals surface area (Å²) in [4.78, 5) is 2.35. The molecule has 1 aromatic carbocycles. The van der Waals surface area contributed by atoms with E-state index in [1.165, 1.54) is 12.1 Å². The van der Waals surface area contributed by atoms with Crippen LogP contribution in [0.1, 0.15) is 40.0 Å². The van der Waals surface area contributed by atoms with Gasteiger partial charge in [-0.15, -0.1) is 0 Å². The zero-order valence-corrected chi connectivity index (χ0v) is 13.3. The molecule has 112 valence electrons. The van der Waals surface area contributed by atoms with Crippen LogP contribution in [-0.4, -0.2) is 24.7 Å². The van der Waals surface area contributed by atoms with Gasteiger partial charge in [0.05, 0.1) is 10.7 Å². The molecule has 0 saturated carbocycles. The van der Waals surface area contributed by atoms with Gasteiger partial charge in [-0.25, -0.2) is 4.39 Å². The van der Waals surface area contributed by atoms with E-state index in [0.29, 0.717) is 11.1 Å². The van der Waals surface area contributed by atoms with Crippen LogP contribution in [0.3, 0.4) is 0 Å². The fraction of sp³-hybridized carbons (Fsp3) is 0.625. The number of rotatable bonds is 4. The van der Waals surface area contributed by atoms with Crippen molar-refractivity contribution in [2.45, 2.75) is 51.6 Å². The lowest BCUT2D eigenvalue weighted by Gasteiger charge is -2.48. The van der Waals surface area contributed by atoms with Gasteiger partial charge in [-0.3, -0.25) is 0 Å². The third-order valence-electron chi connectivity index (χ3n) is 4.67. The molecule has 1 aliphatic heterocycles. The Bertz CT molecular complexity index is 460. The van der Waals surface area contributed by atoms with E-state index in [2.05, 4.69) is 31.0 Å². The summed E-state index contributed by atoms with van der Waals surface area (Å²) in [6, 6.07) is 5.12. The molecule has 4 heteroatoms. The van der Waals surface area contributed by atoms with Crippen LogP contribution in [0.4, 0.5) is 10.1 Å². The molecule has 1 fully saturated rings. The zero-order chi connectivity index (χ0) is 14.8. The fourth-order valence-electron chi connectivity index (χ4n) is 3.04. The minimum Gasteiger partial charge on any atom is -0.364 e. The van der Waals surface area contributed by atoms with E-state index < -0.39 is 0 Å². The first-order valence-corrected chi connectivity index (χ1v) is 7.89. The largest absolute Gasteiger partial charge is 0.364 e. The monoisotopic (exact) mass is 298 g/mol. The van der Waals surface area contributed by atoms with E-state index in [9.17, 15) is 4.39 Å². The summed E-state index contributed by atoms with van der Waals surface area (Å²) < 4.78 is 13.3. The molecule has 1 unspecified atom stereocenters. The van der Waals surface area contributed by atoms with Gasteiger partial charge in [0.1, 0.15) is 5.82 Å². The highest BCUT2D eigenvalue weighted by Gasteiger charge is 2.36. The van der Waals surface area contributed by atoms with Crippen LogP contribution in [-0.2, 0) is 0 Å². The molecule has 0 aliphatic carbocycles. The smallest absolute Gasteiger partial charge is 0.124 e. The number of hydrogen-bond acceptors (Lipinski definition) is 2. The lowest BCUT2D eigenvalue weighted by molar-refractivity contribution is 0.246. The number of benzene rings is 1. The number of hydrogen-bond donors (Lipinski definition) is 1. The van der Waals surface area contributed by atoms with Gasteiger partial charge in [-0.05, 0) is 37.5 Å². The molecule has 0 bridgehead atoms. The quantitative estimate of drug-likeness (QED) is 0.895. The molecule has 0 aromatic heterocycles. The van der Waals surface area contributed by atoms with Crippen molar-refractivity contribution in [2.75, 3.05) is 18.0 Å². The number of halogens is 2. The third-order valence-corrected chi connectivity index (χ3v) is 4.97. The van der Waals surface area contributed by atoms with E-state index in [-0.39, 0.29) is 11.4 Å². The summed E-state index contributed by atoms with van der Waals surface area (Å²) in [6.45, 7) is 8.48. The predicted molar refractivity (Wildman–Crippen MR) is 84.2 cm³/mol. The number of piperazine rings is 1. The van der Waals surface area contributed by atoms with Crippen LogP contribution in [0, 0.1) is 5.82 Å². The van der Waals surface area contributed by atoms with Gasteiger partial charge in [-0.1, -0.05) is 32.4 Å². The molecule has 2 nitrogen and oxygen atoms in total. The fourth-order valence-corrected chi connectivity index (χ4v) is 3.32. The van der Waals surface area contributed by atoms with Gasteiger partial charge < -0.3 is 10.2 Å². The second kappa shape index (κ2) is 6.31. The number of anilines is 1. The normalized spacial score (nSPS) is 22.1. The number of nitrogens with zero attached hydrogens (tertiary/aromatic N) is 1. The lowest BCUT2D eigenvalue weighted by Crippen LogP contribution is -2.64. The highest BCUT2D eigenvalue weighted by Crippen LogP contribution is 2.33. The molecule has 1 saturated heterocycles. The van der Waals surface area contributed by atoms with Crippen LogP contribution in [0.2, 0.25) is 5.02 Å². The summed E-state index contributed by atoms with van der Waals surface area (Å²) in [6.07, 6.45) is 3.20. The van der Waals surface area contributed by atoms with Crippen molar-refractivity contribution in [1.82, 2.24) is 5.32 Å². The Hall–Kier alpha value is -0.800. The third kappa shape index (κ3) is 2.94. The molecule has 2 rings (SSSR count). The van der Waals surface area contributed by atoms with Crippen molar-refractivity contribution >= 4 is 17.3 Å². The summed E-state index contributed by atoms with van der Waals surface area (Å²) >= 11 is 6.26. The van der Waals surface area contributed by atoms with Crippen LogP contribution < -0.4 is 10.2 Å². The average molecular weight is 299 g/mol. The van der Waals surface area contributed by atoms with Crippen molar-refractivity contribution in [2.24, 2.45) is 0 Å². The molecule has 0 radical (unpaired) electrons. The van der Waals surface area contributed by atoms with Gasteiger partial charge in [-0.2, -0.15) is 0 Å². The van der Waals surface area contributed by atoms with E-state index >= 15 is 0 Å². The van der Waals surface area contributed by atoms with Crippen molar-refractivity contribution in [1.29, 1.82) is 0 Å². The maximum Gasteiger partial charge on any atom is 0.124 e. The Morgan fingerprint density at radius 1 is 1.35 bits per heavy atom. The Morgan fingerprint density at radius 2 is 2.05 bits per heavy atom. The van der Waals surface area contributed by atoms with Crippen molar-refractivity contribution in [3.63, 3.8) is 0 Å². The maximum atomic E-state index is 13.3. The first kappa shape index (κ1) is 15.6. The predicted octanol–water partition coefficient (Wildman–Crippen LogP) is 4.23. The first-order chi connectivity index (χ1) is 9.55. The van der Waals surface area contributed by atoms with Crippen LogP contribution in [0.5, 0.6) is 0 Å². The topological polar surface area (TPSA) is 15.3 Å². The molecule has 20 heavy (non-hydrogen) atoms. The molecule has 1 N–H and O–H groups in total. The van der Waals surface area contributed by atoms with E-state index in [0.717, 1.165) is 38.0 Å². The van der Waals surface area contributed by atoms with E-state index in [4.69, 9.17) is 11.6 Å². The molecule has 0 spiro atoms. The Labute approximate surface area is 126 Å². The Morgan fingerprint density at radius 3 is 2.60 bits per heavy atom. The minimum absolute atomic E-state index is 0.128. The van der Waals surface area contributed by atoms with Crippen molar-refractivity contribution < 1.29 is 4.39 Å². The minimum atomic E-state index is -0.279. The van der Waals surface area contributed by atoms with Gasteiger partial charge in [0, 0.05) is 24.7 Å². The second-order valence-corrected chi connectivity index (χ2v) is 6.06. The molecular weight excluding hydrogens is 275 g/mol. The number of nitrogens with one attached hydrogen (secondary N) is 1. The molecule has 1 atom stereocenters. The summed E-state index contributed by atoms with van der Waals surface area (Å²) in [5.41, 5.74) is 1.08. The van der Waals surface area contributed by atoms with Gasteiger partial charge in [0.2, 0.25) is 0 Å². The van der Waals surface area contributed by atoms with Gasteiger partial charge in [0.15, 0.2) is 0 Å². The maximum absolute atomic E-state index is 13.3. The Balaban J connectivity index is 2.33. The lowest BCUT2D eigenvalue weighted by atomic mass is 9.87. The highest BCUT2D eigenvalue weighted by atomic mass is 35.5. The summed E-state index contributed by atoms with van der Waals surface area (Å²) in [5.74, 6) is -0.279. The van der Waals surface area contributed by atoms with Crippen molar-refractivity contribution in [3.8, 4) is 0 Å². The van der Waals surface area contributed by atoms with E-state index in [1.54, 1.807) is 0 Å². The van der Waals surface area contributed by atoms with Crippen molar-refractivity contribution in [3.05, 3.63) is 29.0 Å². The van der Waals surface area contributed by atoms with Gasteiger partial charge in [0.25, 0.3) is 0 Å². The van der Waals surface area contributed by atoms with Gasteiger partial charge >= 0.3 is 0 Å². The average Bonchev–Trinajstić information content (AvgIpc) is 2.46. The molecule has 1 aliphatic rings. The summed E-state index contributed by atoms with van der Waals surface area (Å²) in [5, 5.41) is 4.21. The Kier molecular flexibility index (Phi) is 4.92. The molecular formula is C16H24ClFN2. The highest BCUT2D eigenvalue weighted by molar-refractivity contribution is 6.33. The SMILES string of the molecule is CCC1CNC(CC)(CC)CN1c1ccc(F)cc1Cl. The zero-order valence-electron chi connectivity index (χ0n) is 12.5. The molecule has 0 amide bonds. The molecule has 1 aromatic rings. The molecule has 1 heterocycles. The van der Waals surface area contributed by atoms with Crippen LogP contribution in [0.25, 0.3) is 0 Å². The summed E-state index contributed by atoms with van der Waals surface area (Å²) in [7, 11) is 0. The first-order valence-electron chi connectivity index (χ1n) is 7.52. The van der Waals surface area contributed by atoms with Crippen LogP contribution >= 0.6 is 11.6 Å².